The predicted octanol–water partition coefficient (Wildman–Crippen LogP) is 5.04. The molecule has 0 fully saturated rings. The van der Waals surface area contributed by atoms with E-state index in [1.165, 1.54) is 34.0 Å². The summed E-state index contributed by atoms with van der Waals surface area (Å²) in [6.45, 7) is 2.54. The molecule has 0 spiro atoms. The Balaban J connectivity index is 1.30. The van der Waals surface area contributed by atoms with Crippen molar-refractivity contribution in [2.24, 2.45) is 0 Å². The molecule has 3 aromatic heterocycles. The second-order valence-corrected chi connectivity index (χ2v) is 9.04. The summed E-state index contributed by atoms with van der Waals surface area (Å²) in [5, 5.41) is 10.4. The van der Waals surface area contributed by atoms with E-state index in [1.54, 1.807) is 6.07 Å². The first-order valence-electron chi connectivity index (χ1n) is 9.23. The van der Waals surface area contributed by atoms with Crippen LogP contribution < -0.4 is 15.4 Å². The maximum absolute atomic E-state index is 12.3. The van der Waals surface area contributed by atoms with E-state index in [4.69, 9.17) is 4.74 Å². The molecule has 0 aliphatic heterocycles. The fourth-order valence-electron chi connectivity index (χ4n) is 2.68. The van der Waals surface area contributed by atoms with E-state index < -0.39 is 0 Å². The minimum Gasteiger partial charge on any atom is -0.494 e. The number of thiophene rings is 1. The number of anilines is 2. The number of hydrogen-bond donors (Lipinski definition) is 2. The highest BCUT2D eigenvalue weighted by Gasteiger charge is 2.12. The molecule has 2 N–H and O–H groups in total. The average molecular weight is 459 g/mol. The molecule has 154 valence electrons. The Hall–Kier alpha value is -2.82. The number of fused-ring (bicyclic) bond motifs is 1. The summed E-state index contributed by atoms with van der Waals surface area (Å²) in [7, 11) is 0. The van der Waals surface area contributed by atoms with Gasteiger partial charge < -0.3 is 10.1 Å². The number of thiazole rings is 2. The van der Waals surface area contributed by atoms with Gasteiger partial charge in [0.25, 0.3) is 5.91 Å². The van der Waals surface area contributed by atoms with Crippen molar-refractivity contribution < 1.29 is 14.3 Å². The van der Waals surface area contributed by atoms with Crippen LogP contribution in [-0.4, -0.2) is 28.4 Å². The quantitative estimate of drug-likeness (QED) is 0.386. The third kappa shape index (κ3) is 5.02. The molecule has 1 aromatic carbocycles. The van der Waals surface area contributed by atoms with Crippen LogP contribution in [0.4, 0.5) is 10.3 Å². The lowest BCUT2D eigenvalue weighted by molar-refractivity contribution is -0.116. The van der Waals surface area contributed by atoms with Crippen molar-refractivity contribution in [1.82, 2.24) is 9.97 Å². The number of amides is 2. The SMILES string of the molecule is CCOc1ccc2nc(NC(=O)CCc3csc(NC(=O)c4cccs4)n3)sc2c1. The molecule has 0 aliphatic rings. The lowest BCUT2D eigenvalue weighted by atomic mass is 10.2. The van der Waals surface area contributed by atoms with Crippen molar-refractivity contribution in [3.8, 4) is 5.75 Å². The number of aromatic nitrogens is 2. The summed E-state index contributed by atoms with van der Waals surface area (Å²) in [5.41, 5.74) is 1.59. The number of nitrogens with zero attached hydrogens (tertiary/aromatic N) is 2. The zero-order valence-corrected chi connectivity index (χ0v) is 18.5. The monoisotopic (exact) mass is 458 g/mol. The molecular weight excluding hydrogens is 440 g/mol. The lowest BCUT2D eigenvalue weighted by Gasteiger charge is -2.00. The van der Waals surface area contributed by atoms with Crippen LogP contribution in [-0.2, 0) is 11.2 Å². The predicted molar refractivity (Wildman–Crippen MR) is 122 cm³/mol. The number of rotatable bonds is 8. The zero-order chi connectivity index (χ0) is 20.9. The third-order valence-corrected chi connectivity index (χ3v) is 6.65. The second kappa shape index (κ2) is 9.33. The van der Waals surface area contributed by atoms with Gasteiger partial charge in [-0.05, 0) is 43.0 Å². The van der Waals surface area contributed by atoms with Crippen LogP contribution in [0.1, 0.15) is 28.7 Å². The summed E-state index contributed by atoms with van der Waals surface area (Å²) >= 11 is 4.14. The highest BCUT2D eigenvalue weighted by molar-refractivity contribution is 7.22. The maximum atomic E-state index is 12.3. The first-order chi connectivity index (χ1) is 14.6. The highest BCUT2D eigenvalue weighted by Crippen LogP contribution is 2.29. The van der Waals surface area contributed by atoms with Gasteiger partial charge in [-0.1, -0.05) is 17.4 Å². The van der Waals surface area contributed by atoms with E-state index in [-0.39, 0.29) is 18.2 Å². The zero-order valence-electron chi connectivity index (χ0n) is 16.0. The second-order valence-electron chi connectivity index (χ2n) is 6.21. The third-order valence-electron chi connectivity index (χ3n) is 4.04. The Morgan fingerprint density at radius 1 is 1.10 bits per heavy atom. The van der Waals surface area contributed by atoms with Gasteiger partial charge in [0.15, 0.2) is 10.3 Å². The van der Waals surface area contributed by atoms with Gasteiger partial charge in [0.1, 0.15) is 5.75 Å². The lowest BCUT2D eigenvalue weighted by Crippen LogP contribution is -2.12. The Kier molecular flexibility index (Phi) is 6.36. The van der Waals surface area contributed by atoms with Crippen LogP contribution in [0, 0.1) is 0 Å². The van der Waals surface area contributed by atoms with Gasteiger partial charge in [0.2, 0.25) is 5.91 Å². The van der Waals surface area contributed by atoms with Crippen molar-refractivity contribution >= 4 is 66.3 Å². The summed E-state index contributed by atoms with van der Waals surface area (Å²) in [6, 6.07) is 9.27. The standard InChI is InChI=1S/C20H18N4O3S3/c1-2-27-13-6-7-14-16(10-13)30-20(22-14)23-17(25)8-5-12-11-29-19(21-12)24-18(26)15-4-3-9-28-15/h3-4,6-7,9-11H,2,5,8H2,1H3,(H,21,24,26)(H,22,23,25). The average Bonchev–Trinajstić information content (AvgIpc) is 3.47. The Labute approximate surface area is 184 Å². The Bertz CT molecular complexity index is 1170. The maximum Gasteiger partial charge on any atom is 0.267 e. The molecule has 3 heterocycles. The van der Waals surface area contributed by atoms with Gasteiger partial charge >= 0.3 is 0 Å². The smallest absolute Gasteiger partial charge is 0.267 e. The fraction of sp³-hybridized carbons (Fsp3) is 0.200. The molecule has 2 amide bonds. The van der Waals surface area contributed by atoms with Crippen LogP contribution in [0.5, 0.6) is 5.75 Å². The molecule has 0 saturated carbocycles. The molecule has 0 atom stereocenters. The minimum absolute atomic E-state index is 0.128. The van der Waals surface area contributed by atoms with Crippen molar-refractivity contribution in [3.05, 3.63) is 51.7 Å². The Morgan fingerprint density at radius 2 is 2.00 bits per heavy atom. The largest absolute Gasteiger partial charge is 0.494 e. The molecule has 0 bridgehead atoms. The molecule has 10 heteroatoms. The molecule has 4 rings (SSSR count). The van der Waals surface area contributed by atoms with Crippen LogP contribution in [0.3, 0.4) is 0 Å². The van der Waals surface area contributed by atoms with Crippen LogP contribution in [0.25, 0.3) is 10.2 Å². The topological polar surface area (TPSA) is 93.2 Å². The number of carbonyl (C=O) groups is 2. The Morgan fingerprint density at radius 3 is 2.80 bits per heavy atom. The van der Waals surface area contributed by atoms with Crippen LogP contribution in [0.2, 0.25) is 0 Å². The molecular formula is C20H18N4O3S3. The number of ether oxygens (including phenoxy) is 1. The fourth-order valence-corrected chi connectivity index (χ4v) is 4.95. The van der Waals surface area contributed by atoms with Crippen LogP contribution >= 0.6 is 34.0 Å². The minimum atomic E-state index is -0.174. The molecule has 0 aliphatic carbocycles. The van der Waals surface area contributed by atoms with Crippen LogP contribution in [0.15, 0.2) is 41.1 Å². The van der Waals surface area contributed by atoms with Gasteiger partial charge in [-0.3, -0.25) is 14.9 Å². The number of carbonyl (C=O) groups excluding carboxylic acids is 2. The molecule has 7 nitrogen and oxygen atoms in total. The number of aryl methyl sites for hydroxylation is 1. The molecule has 0 unspecified atom stereocenters. The summed E-state index contributed by atoms with van der Waals surface area (Å²) < 4.78 is 6.46. The molecule has 0 radical (unpaired) electrons. The molecule has 30 heavy (non-hydrogen) atoms. The summed E-state index contributed by atoms with van der Waals surface area (Å²) in [6.07, 6.45) is 0.763. The summed E-state index contributed by atoms with van der Waals surface area (Å²) in [4.78, 5) is 33.8. The normalized spacial score (nSPS) is 10.8. The van der Waals surface area contributed by atoms with Crippen molar-refractivity contribution in [2.45, 2.75) is 19.8 Å². The van der Waals surface area contributed by atoms with E-state index in [2.05, 4.69) is 20.6 Å². The van der Waals surface area contributed by atoms with E-state index >= 15 is 0 Å². The number of benzene rings is 1. The van der Waals surface area contributed by atoms with E-state index in [1.807, 2.05) is 41.9 Å². The number of nitrogens with one attached hydrogen (secondary N) is 2. The van der Waals surface area contributed by atoms with E-state index in [0.29, 0.717) is 28.2 Å². The van der Waals surface area contributed by atoms with Gasteiger partial charge in [-0.15, -0.1) is 22.7 Å². The van der Waals surface area contributed by atoms with E-state index in [9.17, 15) is 9.59 Å². The molecule has 4 aromatic rings. The van der Waals surface area contributed by atoms with Gasteiger partial charge in [0.05, 0.1) is 27.4 Å². The van der Waals surface area contributed by atoms with Gasteiger partial charge in [-0.25, -0.2) is 9.97 Å². The molecule has 0 saturated heterocycles. The summed E-state index contributed by atoms with van der Waals surface area (Å²) in [5.74, 6) is 0.486. The first-order valence-corrected chi connectivity index (χ1v) is 11.8. The van der Waals surface area contributed by atoms with Crippen molar-refractivity contribution in [1.29, 1.82) is 0 Å². The van der Waals surface area contributed by atoms with Crippen molar-refractivity contribution in [2.75, 3.05) is 17.2 Å². The van der Waals surface area contributed by atoms with E-state index in [0.717, 1.165) is 21.7 Å². The number of hydrogen-bond acceptors (Lipinski definition) is 8. The van der Waals surface area contributed by atoms with Gasteiger partial charge in [0, 0.05) is 11.8 Å². The first kappa shape index (κ1) is 20.5. The van der Waals surface area contributed by atoms with Crippen molar-refractivity contribution in [3.63, 3.8) is 0 Å². The van der Waals surface area contributed by atoms with Gasteiger partial charge in [-0.2, -0.15) is 0 Å². The highest BCUT2D eigenvalue weighted by atomic mass is 32.1.